The highest BCUT2D eigenvalue weighted by Crippen LogP contribution is 2.32. The number of sulfonamides is 1. The monoisotopic (exact) mass is 398 g/mol. The van der Waals surface area contributed by atoms with E-state index >= 15 is 0 Å². The van der Waals surface area contributed by atoms with Gasteiger partial charge in [-0.1, -0.05) is 49.6 Å². The Bertz CT molecular complexity index is 1130. The SMILES string of the molecule is O=c1oc2ccccc2c(NC2CCCCC2)c1NS(=O)(=O)c1ccccc1. The molecule has 1 heterocycles. The highest BCUT2D eigenvalue weighted by atomic mass is 32.2. The Morgan fingerprint density at radius 1 is 0.857 bits per heavy atom. The molecule has 1 aliphatic rings. The van der Waals surface area contributed by atoms with Crippen molar-refractivity contribution in [3.8, 4) is 0 Å². The van der Waals surface area contributed by atoms with E-state index < -0.39 is 15.6 Å². The van der Waals surface area contributed by atoms with Crippen molar-refractivity contribution in [3.05, 3.63) is 65.0 Å². The van der Waals surface area contributed by atoms with Gasteiger partial charge < -0.3 is 9.73 Å². The first-order valence-electron chi connectivity index (χ1n) is 9.45. The fourth-order valence-corrected chi connectivity index (χ4v) is 4.72. The molecule has 0 radical (unpaired) electrons. The van der Waals surface area contributed by atoms with Crippen LogP contribution in [0.1, 0.15) is 32.1 Å². The number of rotatable bonds is 5. The predicted octanol–water partition coefficient (Wildman–Crippen LogP) is 4.34. The summed E-state index contributed by atoms with van der Waals surface area (Å²) in [5.41, 5.74) is 0.122. The van der Waals surface area contributed by atoms with E-state index in [2.05, 4.69) is 10.0 Å². The minimum atomic E-state index is -3.92. The standard InChI is InChI=1S/C21H22N2O4S/c24-21-20(23-28(25,26)16-11-5-2-6-12-16)19(22-15-9-3-1-4-10-15)17-13-7-8-14-18(17)27-21/h2,5-8,11-15,22-23H,1,3-4,9-10H2. The second kappa shape index (κ2) is 7.67. The third kappa shape index (κ3) is 3.75. The molecule has 0 spiro atoms. The van der Waals surface area contributed by atoms with Crippen LogP contribution in [0.4, 0.5) is 11.4 Å². The van der Waals surface area contributed by atoms with Crippen LogP contribution in [0.5, 0.6) is 0 Å². The molecule has 3 aromatic rings. The van der Waals surface area contributed by atoms with Crippen molar-refractivity contribution >= 4 is 32.4 Å². The summed E-state index contributed by atoms with van der Waals surface area (Å²) in [5, 5.41) is 4.10. The molecule has 28 heavy (non-hydrogen) atoms. The fraction of sp³-hybridized carbons (Fsp3) is 0.286. The lowest BCUT2D eigenvalue weighted by molar-refractivity contribution is 0.462. The molecular weight excluding hydrogens is 376 g/mol. The first kappa shape index (κ1) is 18.6. The Hall–Kier alpha value is -2.80. The van der Waals surface area contributed by atoms with E-state index in [-0.39, 0.29) is 16.6 Å². The fourth-order valence-electron chi connectivity index (χ4n) is 3.64. The minimum absolute atomic E-state index is 0.0758. The van der Waals surface area contributed by atoms with Gasteiger partial charge in [-0.05, 0) is 37.1 Å². The van der Waals surface area contributed by atoms with Crippen molar-refractivity contribution in [1.29, 1.82) is 0 Å². The smallest absolute Gasteiger partial charge is 0.363 e. The zero-order valence-corrected chi connectivity index (χ0v) is 16.2. The molecule has 1 fully saturated rings. The van der Waals surface area contributed by atoms with Crippen LogP contribution < -0.4 is 15.7 Å². The Labute approximate surface area is 163 Å². The van der Waals surface area contributed by atoms with Crippen LogP contribution >= 0.6 is 0 Å². The number of anilines is 2. The molecule has 0 amide bonds. The maximum Gasteiger partial charge on any atom is 0.363 e. The maximum absolute atomic E-state index is 12.8. The van der Waals surface area contributed by atoms with E-state index in [1.165, 1.54) is 18.6 Å². The average Bonchev–Trinajstić information content (AvgIpc) is 2.72. The summed E-state index contributed by atoms with van der Waals surface area (Å²) in [5.74, 6) is 0. The summed E-state index contributed by atoms with van der Waals surface area (Å²) >= 11 is 0. The Kier molecular flexibility index (Phi) is 5.09. The first-order chi connectivity index (χ1) is 13.5. The van der Waals surface area contributed by atoms with Crippen molar-refractivity contribution in [2.24, 2.45) is 0 Å². The molecule has 2 N–H and O–H groups in total. The van der Waals surface area contributed by atoms with Crippen LogP contribution in [0.25, 0.3) is 11.0 Å². The molecule has 7 heteroatoms. The van der Waals surface area contributed by atoms with Gasteiger partial charge in [0.1, 0.15) is 5.58 Å². The van der Waals surface area contributed by atoms with Crippen LogP contribution in [0, 0.1) is 0 Å². The van der Waals surface area contributed by atoms with Gasteiger partial charge in [-0.2, -0.15) is 0 Å². The van der Waals surface area contributed by atoms with E-state index in [0.717, 1.165) is 25.7 Å². The van der Waals surface area contributed by atoms with Crippen LogP contribution in [-0.2, 0) is 10.0 Å². The van der Waals surface area contributed by atoms with Gasteiger partial charge in [0.05, 0.1) is 10.6 Å². The topological polar surface area (TPSA) is 88.4 Å². The Morgan fingerprint density at radius 2 is 1.54 bits per heavy atom. The molecule has 1 aromatic heterocycles. The van der Waals surface area contributed by atoms with Gasteiger partial charge in [-0.3, -0.25) is 4.72 Å². The number of fused-ring (bicyclic) bond motifs is 1. The predicted molar refractivity (Wildman–Crippen MR) is 110 cm³/mol. The highest BCUT2D eigenvalue weighted by Gasteiger charge is 2.23. The van der Waals surface area contributed by atoms with Crippen molar-refractivity contribution in [1.82, 2.24) is 0 Å². The van der Waals surface area contributed by atoms with Gasteiger partial charge >= 0.3 is 5.63 Å². The number of para-hydroxylation sites is 1. The van der Waals surface area contributed by atoms with Crippen molar-refractivity contribution in [3.63, 3.8) is 0 Å². The van der Waals surface area contributed by atoms with Gasteiger partial charge in [0.25, 0.3) is 10.0 Å². The maximum atomic E-state index is 12.8. The summed E-state index contributed by atoms with van der Waals surface area (Å²) in [6.07, 6.45) is 5.40. The van der Waals surface area contributed by atoms with Gasteiger partial charge in [0.15, 0.2) is 5.69 Å². The van der Waals surface area contributed by atoms with Gasteiger partial charge in [-0.25, -0.2) is 13.2 Å². The average molecular weight is 398 g/mol. The summed E-state index contributed by atoms with van der Waals surface area (Å²) in [4.78, 5) is 12.8. The molecule has 0 bridgehead atoms. The first-order valence-corrected chi connectivity index (χ1v) is 10.9. The lowest BCUT2D eigenvalue weighted by Gasteiger charge is -2.25. The normalized spacial score (nSPS) is 15.4. The molecule has 6 nitrogen and oxygen atoms in total. The Balaban J connectivity index is 1.81. The number of nitrogens with one attached hydrogen (secondary N) is 2. The highest BCUT2D eigenvalue weighted by molar-refractivity contribution is 7.92. The number of hydrogen-bond acceptors (Lipinski definition) is 5. The molecule has 1 aliphatic carbocycles. The largest absolute Gasteiger partial charge is 0.421 e. The molecule has 0 aliphatic heterocycles. The van der Waals surface area contributed by atoms with E-state index in [1.54, 1.807) is 30.3 Å². The molecule has 0 saturated heterocycles. The molecule has 146 valence electrons. The van der Waals surface area contributed by atoms with Gasteiger partial charge in [-0.15, -0.1) is 0 Å². The van der Waals surface area contributed by atoms with E-state index in [9.17, 15) is 13.2 Å². The second-order valence-corrected chi connectivity index (χ2v) is 8.72. The lowest BCUT2D eigenvalue weighted by Crippen LogP contribution is -2.26. The minimum Gasteiger partial charge on any atom is -0.421 e. The third-order valence-corrected chi connectivity index (χ3v) is 6.42. The van der Waals surface area contributed by atoms with Crippen molar-refractivity contribution in [2.75, 3.05) is 10.0 Å². The van der Waals surface area contributed by atoms with Gasteiger partial charge in [0.2, 0.25) is 0 Å². The number of benzene rings is 2. The van der Waals surface area contributed by atoms with Crippen molar-refractivity contribution < 1.29 is 12.8 Å². The molecule has 1 saturated carbocycles. The van der Waals surface area contributed by atoms with Crippen LogP contribution in [-0.4, -0.2) is 14.5 Å². The number of hydrogen-bond donors (Lipinski definition) is 2. The molecular formula is C21H22N2O4S. The van der Waals surface area contributed by atoms with E-state index in [4.69, 9.17) is 4.42 Å². The van der Waals surface area contributed by atoms with Crippen molar-refractivity contribution in [2.45, 2.75) is 43.0 Å². The summed E-state index contributed by atoms with van der Waals surface area (Å²) in [7, 11) is -3.92. The molecule has 4 rings (SSSR count). The Morgan fingerprint density at radius 3 is 2.29 bits per heavy atom. The second-order valence-electron chi connectivity index (χ2n) is 7.03. The van der Waals surface area contributed by atoms with Crippen LogP contribution in [0.15, 0.2) is 68.7 Å². The van der Waals surface area contributed by atoms with Crippen LogP contribution in [0.2, 0.25) is 0 Å². The quantitative estimate of drug-likeness (QED) is 0.624. The summed E-state index contributed by atoms with van der Waals surface area (Å²) in [6.45, 7) is 0. The lowest BCUT2D eigenvalue weighted by atomic mass is 9.95. The van der Waals surface area contributed by atoms with Gasteiger partial charge in [0, 0.05) is 11.4 Å². The zero-order valence-electron chi connectivity index (χ0n) is 15.4. The van der Waals surface area contributed by atoms with Crippen LogP contribution in [0.3, 0.4) is 0 Å². The summed E-state index contributed by atoms with van der Waals surface area (Å²) < 4.78 is 33.5. The van der Waals surface area contributed by atoms with E-state index in [0.29, 0.717) is 16.7 Å². The van der Waals surface area contributed by atoms with E-state index in [1.807, 2.05) is 12.1 Å². The zero-order chi connectivity index (χ0) is 19.6. The molecule has 2 aromatic carbocycles. The molecule has 0 unspecified atom stereocenters. The summed E-state index contributed by atoms with van der Waals surface area (Å²) in [6, 6.07) is 15.3. The molecule has 0 atom stereocenters. The third-order valence-electron chi connectivity index (χ3n) is 5.06.